The van der Waals surface area contributed by atoms with Gasteiger partial charge in [0.05, 0.1) is 12.7 Å². The fourth-order valence-electron chi connectivity index (χ4n) is 3.11. The number of benzene rings is 3. The van der Waals surface area contributed by atoms with Crippen molar-refractivity contribution in [2.75, 3.05) is 7.11 Å². The molecule has 0 saturated heterocycles. The third kappa shape index (κ3) is 3.32. The maximum atomic E-state index is 12.9. The normalized spacial score (nSPS) is 10.9. The molecule has 0 aliphatic carbocycles. The highest BCUT2D eigenvalue weighted by Gasteiger charge is 2.18. The minimum absolute atomic E-state index is 0.417. The van der Waals surface area contributed by atoms with Gasteiger partial charge in [-0.3, -0.25) is 0 Å². The number of fused-ring (bicyclic) bond motifs is 1. The largest absolute Gasteiger partial charge is 0.497 e. The Labute approximate surface area is 165 Å². The first-order valence-electron chi connectivity index (χ1n) is 8.23. The third-order valence-electron chi connectivity index (χ3n) is 4.38. The fraction of sp³-hybridized carbons (Fsp3) is 0.0455. The molecule has 4 rings (SSSR count). The van der Waals surface area contributed by atoms with E-state index in [4.69, 9.17) is 32.4 Å². The van der Waals surface area contributed by atoms with E-state index in [9.17, 15) is 4.79 Å². The lowest BCUT2D eigenvalue weighted by atomic mass is 9.93. The molecule has 0 N–H and O–H groups in total. The summed E-state index contributed by atoms with van der Waals surface area (Å²) >= 11 is 12.3. The van der Waals surface area contributed by atoms with Gasteiger partial charge >= 0.3 is 5.63 Å². The van der Waals surface area contributed by atoms with Gasteiger partial charge in [-0.15, -0.1) is 0 Å². The molecule has 0 fully saturated rings. The third-order valence-corrected chi connectivity index (χ3v) is 4.87. The lowest BCUT2D eigenvalue weighted by Crippen LogP contribution is -2.06. The zero-order valence-electron chi connectivity index (χ0n) is 14.3. The van der Waals surface area contributed by atoms with E-state index in [1.54, 1.807) is 37.4 Å². The van der Waals surface area contributed by atoms with Crippen LogP contribution in [0.15, 0.2) is 75.9 Å². The van der Waals surface area contributed by atoms with Crippen LogP contribution < -0.4 is 10.4 Å². The van der Waals surface area contributed by atoms with Crippen LogP contribution >= 0.6 is 23.2 Å². The van der Waals surface area contributed by atoms with E-state index < -0.39 is 5.63 Å². The molecule has 0 bridgehead atoms. The van der Waals surface area contributed by atoms with Crippen LogP contribution in [0.5, 0.6) is 5.75 Å². The smallest absolute Gasteiger partial charge is 0.344 e. The van der Waals surface area contributed by atoms with Crippen molar-refractivity contribution in [3.63, 3.8) is 0 Å². The summed E-state index contributed by atoms with van der Waals surface area (Å²) < 4.78 is 10.8. The topological polar surface area (TPSA) is 39.4 Å². The first-order valence-corrected chi connectivity index (χ1v) is 8.99. The van der Waals surface area contributed by atoms with Gasteiger partial charge in [0.25, 0.3) is 0 Å². The van der Waals surface area contributed by atoms with Crippen LogP contribution in [0, 0.1) is 0 Å². The SMILES string of the molecule is COc1ccc(-c2c(-c3ccc(Cl)cc3)c3cc(Cl)ccc3oc2=O)cc1. The average molecular weight is 397 g/mol. The van der Waals surface area contributed by atoms with E-state index >= 15 is 0 Å². The predicted octanol–water partition coefficient (Wildman–Crippen LogP) is 6.44. The second kappa shape index (κ2) is 7.10. The Hall–Kier alpha value is -2.75. The Kier molecular flexibility index (Phi) is 4.65. The van der Waals surface area contributed by atoms with Crippen LogP contribution in [0.25, 0.3) is 33.2 Å². The molecule has 27 heavy (non-hydrogen) atoms. The minimum atomic E-state index is -0.417. The van der Waals surface area contributed by atoms with Gasteiger partial charge in [-0.2, -0.15) is 0 Å². The van der Waals surface area contributed by atoms with Gasteiger partial charge in [0.15, 0.2) is 0 Å². The van der Waals surface area contributed by atoms with Crippen LogP contribution in [0.1, 0.15) is 0 Å². The first kappa shape index (κ1) is 17.7. The molecule has 0 spiro atoms. The molecule has 3 nitrogen and oxygen atoms in total. The van der Waals surface area contributed by atoms with E-state index in [-0.39, 0.29) is 0 Å². The van der Waals surface area contributed by atoms with E-state index in [0.717, 1.165) is 22.1 Å². The molecule has 0 unspecified atom stereocenters. The van der Waals surface area contributed by atoms with Gasteiger partial charge in [-0.1, -0.05) is 47.5 Å². The maximum absolute atomic E-state index is 12.9. The highest BCUT2D eigenvalue weighted by atomic mass is 35.5. The van der Waals surface area contributed by atoms with E-state index in [1.807, 2.05) is 36.4 Å². The summed E-state index contributed by atoms with van der Waals surface area (Å²) in [6.45, 7) is 0. The summed E-state index contributed by atoms with van der Waals surface area (Å²) in [7, 11) is 1.60. The summed E-state index contributed by atoms with van der Waals surface area (Å²) in [5.41, 5.74) is 2.87. The molecule has 3 aromatic carbocycles. The van der Waals surface area contributed by atoms with Crippen LogP contribution in [-0.2, 0) is 0 Å². The summed E-state index contributed by atoms with van der Waals surface area (Å²) in [6.07, 6.45) is 0. The molecule has 1 aromatic heterocycles. The molecule has 0 radical (unpaired) electrons. The molecule has 5 heteroatoms. The molecule has 0 atom stereocenters. The van der Waals surface area contributed by atoms with E-state index in [1.165, 1.54) is 0 Å². The predicted molar refractivity (Wildman–Crippen MR) is 110 cm³/mol. The molecular formula is C22H14Cl2O3. The quantitative estimate of drug-likeness (QED) is 0.374. The van der Waals surface area contributed by atoms with Crippen LogP contribution in [0.3, 0.4) is 0 Å². The fourth-order valence-corrected chi connectivity index (χ4v) is 3.41. The van der Waals surface area contributed by atoms with E-state index in [0.29, 0.717) is 26.9 Å². The molecule has 1 heterocycles. The Morgan fingerprint density at radius 3 is 2.04 bits per heavy atom. The molecule has 0 amide bonds. The Morgan fingerprint density at radius 2 is 1.37 bits per heavy atom. The molecular weight excluding hydrogens is 383 g/mol. The summed E-state index contributed by atoms with van der Waals surface area (Å²) in [5, 5.41) is 1.94. The minimum Gasteiger partial charge on any atom is -0.497 e. The van der Waals surface area contributed by atoms with E-state index in [2.05, 4.69) is 0 Å². The number of ether oxygens (including phenoxy) is 1. The van der Waals surface area contributed by atoms with Crippen molar-refractivity contribution in [2.45, 2.75) is 0 Å². The Balaban J connectivity index is 2.10. The summed E-state index contributed by atoms with van der Waals surface area (Å²) in [6, 6.07) is 19.8. The highest BCUT2D eigenvalue weighted by molar-refractivity contribution is 6.31. The van der Waals surface area contributed by atoms with Crippen molar-refractivity contribution < 1.29 is 9.15 Å². The number of hydrogen-bond donors (Lipinski definition) is 0. The van der Waals surface area contributed by atoms with Gasteiger partial charge in [0.2, 0.25) is 0 Å². The monoisotopic (exact) mass is 396 g/mol. The lowest BCUT2D eigenvalue weighted by Gasteiger charge is -2.13. The van der Waals surface area contributed by atoms with Crippen molar-refractivity contribution in [1.29, 1.82) is 0 Å². The second-order valence-electron chi connectivity index (χ2n) is 6.02. The number of hydrogen-bond acceptors (Lipinski definition) is 3. The number of halogens is 2. The van der Waals surface area contributed by atoms with Gasteiger partial charge in [0, 0.05) is 21.0 Å². The zero-order chi connectivity index (χ0) is 19.0. The Bertz CT molecular complexity index is 1180. The van der Waals surface area contributed by atoms with Crippen molar-refractivity contribution in [2.24, 2.45) is 0 Å². The maximum Gasteiger partial charge on any atom is 0.344 e. The Morgan fingerprint density at radius 1 is 0.778 bits per heavy atom. The van der Waals surface area contributed by atoms with Gasteiger partial charge < -0.3 is 9.15 Å². The number of methoxy groups -OCH3 is 1. The molecule has 0 aliphatic rings. The van der Waals surface area contributed by atoms with Crippen molar-refractivity contribution in [1.82, 2.24) is 0 Å². The lowest BCUT2D eigenvalue weighted by molar-refractivity contribution is 0.415. The standard InChI is InChI=1S/C22H14Cl2O3/c1-26-17-9-4-14(5-10-17)21-20(13-2-6-15(23)7-3-13)18-12-16(24)8-11-19(18)27-22(21)25/h2-12H,1H3. The molecule has 134 valence electrons. The molecule has 4 aromatic rings. The molecule has 0 aliphatic heterocycles. The van der Waals surface area contributed by atoms with Crippen LogP contribution in [0.2, 0.25) is 10.0 Å². The van der Waals surface area contributed by atoms with Gasteiger partial charge in [-0.05, 0) is 53.6 Å². The van der Waals surface area contributed by atoms with Crippen LogP contribution in [0.4, 0.5) is 0 Å². The van der Waals surface area contributed by atoms with Gasteiger partial charge in [0.1, 0.15) is 11.3 Å². The zero-order valence-corrected chi connectivity index (χ0v) is 15.8. The van der Waals surface area contributed by atoms with Crippen molar-refractivity contribution >= 4 is 34.2 Å². The highest BCUT2D eigenvalue weighted by Crippen LogP contribution is 2.37. The number of rotatable bonds is 3. The molecule has 0 saturated carbocycles. The van der Waals surface area contributed by atoms with Gasteiger partial charge in [-0.25, -0.2) is 4.79 Å². The summed E-state index contributed by atoms with van der Waals surface area (Å²) in [5.74, 6) is 0.708. The average Bonchev–Trinajstić information content (AvgIpc) is 2.68. The second-order valence-corrected chi connectivity index (χ2v) is 6.89. The first-order chi connectivity index (χ1) is 13.1. The van der Waals surface area contributed by atoms with Crippen LogP contribution in [-0.4, -0.2) is 7.11 Å². The summed E-state index contributed by atoms with van der Waals surface area (Å²) in [4.78, 5) is 12.9. The van der Waals surface area contributed by atoms with Crippen molar-refractivity contribution in [3.05, 3.63) is 87.2 Å². The van der Waals surface area contributed by atoms with Crippen molar-refractivity contribution in [3.8, 4) is 28.0 Å².